The van der Waals surface area contributed by atoms with Crippen LogP contribution in [-0.2, 0) is 20.9 Å². The third-order valence-electron chi connectivity index (χ3n) is 5.05. The highest BCUT2D eigenvalue weighted by Crippen LogP contribution is 2.35. The fourth-order valence-electron chi connectivity index (χ4n) is 3.42. The van der Waals surface area contributed by atoms with Gasteiger partial charge in [-0.1, -0.05) is 18.2 Å². The maximum atomic E-state index is 12.6. The van der Waals surface area contributed by atoms with Gasteiger partial charge in [-0.15, -0.1) is 0 Å². The van der Waals surface area contributed by atoms with E-state index in [1.54, 1.807) is 57.4 Å². The van der Waals surface area contributed by atoms with Crippen molar-refractivity contribution in [2.45, 2.75) is 26.5 Å². The second-order valence-corrected chi connectivity index (χ2v) is 7.59. The van der Waals surface area contributed by atoms with Gasteiger partial charge in [0.25, 0.3) is 0 Å². The van der Waals surface area contributed by atoms with Gasteiger partial charge in [-0.05, 0) is 61.5 Å². The van der Waals surface area contributed by atoms with E-state index in [1.165, 1.54) is 7.11 Å². The van der Waals surface area contributed by atoms with Crippen molar-refractivity contribution in [3.05, 3.63) is 70.4 Å². The standard InChI is InChI=1S/C24H26N2O6S/c1-5-31-23(28)20-14(2)25-24(33)26-21(20)17-10-11-18(19(12-17)29-3)32-13-15-6-8-16(9-7-15)22(27)30-4/h6-12,21H,5,13H2,1-4H3,(H2,25,26,33). The molecule has 0 saturated heterocycles. The topological polar surface area (TPSA) is 95.1 Å². The number of hydrogen-bond acceptors (Lipinski definition) is 7. The molecule has 0 fully saturated rings. The van der Waals surface area contributed by atoms with Gasteiger partial charge < -0.3 is 29.6 Å². The summed E-state index contributed by atoms with van der Waals surface area (Å²) in [6, 6.07) is 11.9. The molecule has 0 radical (unpaired) electrons. The van der Waals surface area contributed by atoms with Crippen LogP contribution in [0.15, 0.2) is 53.7 Å². The molecule has 33 heavy (non-hydrogen) atoms. The molecule has 1 atom stereocenters. The normalized spacial score (nSPS) is 15.3. The van der Waals surface area contributed by atoms with Gasteiger partial charge in [0.1, 0.15) is 6.61 Å². The molecular weight excluding hydrogens is 444 g/mol. The molecule has 2 aromatic carbocycles. The van der Waals surface area contributed by atoms with Crippen molar-refractivity contribution < 1.29 is 28.5 Å². The van der Waals surface area contributed by atoms with E-state index in [4.69, 9.17) is 31.2 Å². The average molecular weight is 471 g/mol. The zero-order chi connectivity index (χ0) is 24.0. The Bertz CT molecular complexity index is 1080. The Morgan fingerprint density at radius 1 is 1.03 bits per heavy atom. The van der Waals surface area contributed by atoms with Gasteiger partial charge >= 0.3 is 11.9 Å². The first-order valence-electron chi connectivity index (χ1n) is 10.3. The zero-order valence-corrected chi connectivity index (χ0v) is 19.7. The number of carbonyl (C=O) groups is 2. The van der Waals surface area contributed by atoms with Crippen molar-refractivity contribution in [1.29, 1.82) is 0 Å². The summed E-state index contributed by atoms with van der Waals surface area (Å²) in [5.74, 6) is 0.230. The molecule has 0 spiro atoms. The van der Waals surface area contributed by atoms with E-state index in [0.29, 0.717) is 33.4 Å². The van der Waals surface area contributed by atoms with Gasteiger partial charge in [0.2, 0.25) is 0 Å². The van der Waals surface area contributed by atoms with Crippen LogP contribution in [0.2, 0.25) is 0 Å². The summed E-state index contributed by atoms with van der Waals surface area (Å²) in [6.07, 6.45) is 0. The molecule has 1 aliphatic rings. The first-order chi connectivity index (χ1) is 15.9. The lowest BCUT2D eigenvalue weighted by Crippen LogP contribution is -2.45. The minimum Gasteiger partial charge on any atom is -0.493 e. The summed E-state index contributed by atoms with van der Waals surface area (Å²) in [6.45, 7) is 4.09. The molecule has 2 N–H and O–H groups in total. The molecule has 174 valence electrons. The summed E-state index contributed by atoms with van der Waals surface area (Å²) < 4.78 is 21.4. The average Bonchev–Trinajstić information content (AvgIpc) is 2.82. The summed E-state index contributed by atoms with van der Waals surface area (Å²) in [7, 11) is 2.89. The van der Waals surface area contributed by atoms with Gasteiger partial charge in [-0.3, -0.25) is 0 Å². The van der Waals surface area contributed by atoms with Crippen LogP contribution in [0.25, 0.3) is 0 Å². The minimum absolute atomic E-state index is 0.267. The van der Waals surface area contributed by atoms with Gasteiger partial charge in [-0.2, -0.15) is 0 Å². The summed E-state index contributed by atoms with van der Waals surface area (Å²) >= 11 is 5.29. The number of ether oxygens (including phenoxy) is 4. The number of esters is 2. The number of hydrogen-bond donors (Lipinski definition) is 2. The molecule has 0 aliphatic carbocycles. The van der Waals surface area contributed by atoms with Crippen molar-refractivity contribution in [1.82, 2.24) is 10.6 Å². The minimum atomic E-state index is -0.494. The van der Waals surface area contributed by atoms with Crippen LogP contribution in [0.5, 0.6) is 11.5 Å². The highest BCUT2D eigenvalue weighted by molar-refractivity contribution is 7.80. The van der Waals surface area contributed by atoms with E-state index in [0.717, 1.165) is 11.1 Å². The van der Waals surface area contributed by atoms with Crippen LogP contribution in [0.1, 0.15) is 41.4 Å². The quantitative estimate of drug-likeness (QED) is 0.444. The van der Waals surface area contributed by atoms with Crippen LogP contribution in [0.3, 0.4) is 0 Å². The Morgan fingerprint density at radius 3 is 2.39 bits per heavy atom. The van der Waals surface area contributed by atoms with Gasteiger partial charge in [0.15, 0.2) is 16.6 Å². The molecule has 1 heterocycles. The number of benzene rings is 2. The van der Waals surface area contributed by atoms with Crippen LogP contribution < -0.4 is 20.1 Å². The van der Waals surface area contributed by atoms with Crippen LogP contribution >= 0.6 is 12.2 Å². The molecule has 1 aliphatic heterocycles. The van der Waals surface area contributed by atoms with Crippen LogP contribution in [-0.4, -0.2) is 37.9 Å². The summed E-state index contributed by atoms with van der Waals surface area (Å²) in [4.78, 5) is 24.1. The number of carbonyl (C=O) groups excluding carboxylic acids is 2. The number of nitrogens with one attached hydrogen (secondary N) is 2. The number of methoxy groups -OCH3 is 2. The smallest absolute Gasteiger partial charge is 0.338 e. The van der Waals surface area contributed by atoms with Crippen molar-refractivity contribution in [3.63, 3.8) is 0 Å². The monoisotopic (exact) mass is 470 g/mol. The van der Waals surface area contributed by atoms with E-state index < -0.39 is 18.0 Å². The molecule has 1 unspecified atom stereocenters. The molecule has 8 nitrogen and oxygen atoms in total. The lowest BCUT2D eigenvalue weighted by Gasteiger charge is -2.30. The van der Waals surface area contributed by atoms with Crippen molar-refractivity contribution in [3.8, 4) is 11.5 Å². The number of rotatable bonds is 8. The molecule has 3 rings (SSSR count). The van der Waals surface area contributed by atoms with Crippen LogP contribution in [0.4, 0.5) is 0 Å². The van der Waals surface area contributed by atoms with Crippen molar-refractivity contribution >= 4 is 29.3 Å². The fourth-order valence-corrected chi connectivity index (χ4v) is 3.69. The third-order valence-corrected chi connectivity index (χ3v) is 5.27. The lowest BCUT2D eigenvalue weighted by molar-refractivity contribution is -0.139. The Kier molecular flexibility index (Phi) is 7.89. The van der Waals surface area contributed by atoms with E-state index >= 15 is 0 Å². The SMILES string of the molecule is CCOC(=O)C1=C(C)NC(=S)NC1c1ccc(OCc2ccc(C(=O)OC)cc2)c(OC)c1. The Labute approximate surface area is 197 Å². The first kappa shape index (κ1) is 24.1. The number of thiocarbonyl (C=S) groups is 1. The Hall–Kier alpha value is -3.59. The first-order valence-corrected chi connectivity index (χ1v) is 10.7. The molecule has 0 bridgehead atoms. The van der Waals surface area contributed by atoms with Crippen molar-refractivity contribution in [2.75, 3.05) is 20.8 Å². The molecule has 0 saturated carbocycles. The largest absolute Gasteiger partial charge is 0.493 e. The molecule has 0 aromatic heterocycles. The third kappa shape index (κ3) is 5.61. The number of allylic oxidation sites excluding steroid dienone is 1. The second kappa shape index (κ2) is 10.8. The van der Waals surface area contributed by atoms with Gasteiger partial charge in [0.05, 0.1) is 38.0 Å². The molecule has 9 heteroatoms. The summed E-state index contributed by atoms with van der Waals surface area (Å²) in [5.41, 5.74) is 3.20. The highest BCUT2D eigenvalue weighted by atomic mass is 32.1. The molecular formula is C24H26N2O6S. The van der Waals surface area contributed by atoms with E-state index in [1.807, 2.05) is 6.07 Å². The maximum absolute atomic E-state index is 12.6. The van der Waals surface area contributed by atoms with E-state index in [9.17, 15) is 9.59 Å². The maximum Gasteiger partial charge on any atom is 0.338 e. The summed E-state index contributed by atoms with van der Waals surface area (Å²) in [5, 5.41) is 6.52. The van der Waals surface area contributed by atoms with Crippen LogP contribution in [0, 0.1) is 0 Å². The molecule has 2 aromatic rings. The second-order valence-electron chi connectivity index (χ2n) is 7.18. The van der Waals surface area contributed by atoms with E-state index in [2.05, 4.69) is 10.6 Å². The Morgan fingerprint density at radius 2 is 1.76 bits per heavy atom. The predicted octanol–water partition coefficient (Wildman–Crippen LogP) is 3.42. The zero-order valence-electron chi connectivity index (χ0n) is 18.9. The van der Waals surface area contributed by atoms with Gasteiger partial charge in [-0.25, -0.2) is 9.59 Å². The van der Waals surface area contributed by atoms with Crippen molar-refractivity contribution in [2.24, 2.45) is 0 Å². The predicted molar refractivity (Wildman–Crippen MR) is 126 cm³/mol. The van der Waals surface area contributed by atoms with E-state index in [-0.39, 0.29) is 13.2 Å². The fraction of sp³-hybridized carbons (Fsp3) is 0.292. The Balaban J connectivity index is 1.81. The van der Waals surface area contributed by atoms with Gasteiger partial charge in [0, 0.05) is 5.70 Å². The highest BCUT2D eigenvalue weighted by Gasteiger charge is 2.31. The lowest BCUT2D eigenvalue weighted by atomic mass is 9.95. The molecule has 0 amide bonds.